The second-order valence-electron chi connectivity index (χ2n) is 6.83. The molecule has 2 aromatic rings. The van der Waals surface area contributed by atoms with Crippen molar-refractivity contribution in [2.45, 2.75) is 44.7 Å². The minimum atomic E-state index is 0.312. The molecule has 0 spiro atoms. The predicted octanol–water partition coefficient (Wildman–Crippen LogP) is 4.18. The van der Waals surface area contributed by atoms with Crippen LogP contribution in [0.5, 0.6) is 5.75 Å². The summed E-state index contributed by atoms with van der Waals surface area (Å²) in [6.07, 6.45) is 3.76. The molecule has 0 aromatic heterocycles. The molecule has 1 aliphatic rings. The van der Waals surface area contributed by atoms with Crippen molar-refractivity contribution in [3.63, 3.8) is 0 Å². The van der Waals surface area contributed by atoms with Gasteiger partial charge in [0.2, 0.25) is 0 Å². The highest BCUT2D eigenvalue weighted by molar-refractivity contribution is 5.37. The maximum atomic E-state index is 6.27. The van der Waals surface area contributed by atoms with Gasteiger partial charge in [-0.15, -0.1) is 0 Å². The molecule has 0 saturated carbocycles. The summed E-state index contributed by atoms with van der Waals surface area (Å²) in [7, 11) is 0. The van der Waals surface area contributed by atoms with E-state index in [2.05, 4.69) is 53.4 Å². The lowest BCUT2D eigenvalue weighted by Gasteiger charge is -2.40. The van der Waals surface area contributed by atoms with E-state index in [0.29, 0.717) is 25.1 Å². The molecule has 0 amide bonds. The monoisotopic (exact) mass is 338 g/mol. The highest BCUT2D eigenvalue weighted by atomic mass is 16.5. The van der Waals surface area contributed by atoms with Crippen LogP contribution < -0.4 is 10.5 Å². The van der Waals surface area contributed by atoms with Gasteiger partial charge in [-0.2, -0.15) is 0 Å². The Bertz CT molecular complexity index is 643. The van der Waals surface area contributed by atoms with E-state index < -0.39 is 0 Å². The average Bonchev–Trinajstić information content (AvgIpc) is 2.66. The molecule has 2 aromatic carbocycles. The van der Waals surface area contributed by atoms with Gasteiger partial charge in [0, 0.05) is 30.6 Å². The first-order chi connectivity index (χ1) is 12.3. The second kappa shape index (κ2) is 9.02. The van der Waals surface area contributed by atoms with Gasteiger partial charge in [0.05, 0.1) is 6.61 Å². The quantitative estimate of drug-likeness (QED) is 0.823. The van der Waals surface area contributed by atoms with Crippen LogP contribution in [0, 0.1) is 0 Å². The van der Waals surface area contributed by atoms with Gasteiger partial charge in [0.1, 0.15) is 5.75 Å². The zero-order valence-corrected chi connectivity index (χ0v) is 15.2. The van der Waals surface area contributed by atoms with Crippen LogP contribution in [0.3, 0.4) is 0 Å². The number of piperidine rings is 1. The van der Waals surface area contributed by atoms with Crippen LogP contribution in [0.1, 0.15) is 43.2 Å². The van der Waals surface area contributed by atoms with Crippen LogP contribution in [0.4, 0.5) is 0 Å². The fraction of sp³-hybridized carbons (Fsp3) is 0.455. The molecule has 2 N–H and O–H groups in total. The van der Waals surface area contributed by atoms with Crippen LogP contribution >= 0.6 is 0 Å². The lowest BCUT2D eigenvalue weighted by Crippen LogP contribution is -2.44. The summed E-state index contributed by atoms with van der Waals surface area (Å²) in [5.74, 6) is 1.30. The molecule has 2 atom stereocenters. The zero-order chi connectivity index (χ0) is 17.5. The van der Waals surface area contributed by atoms with Crippen LogP contribution in [-0.4, -0.2) is 30.6 Å². The predicted molar refractivity (Wildman–Crippen MR) is 104 cm³/mol. The van der Waals surface area contributed by atoms with Crippen LogP contribution in [0.2, 0.25) is 0 Å². The molecule has 3 nitrogen and oxygen atoms in total. The third-order valence-electron chi connectivity index (χ3n) is 5.23. The number of nitrogens with two attached hydrogens (primary N) is 1. The maximum absolute atomic E-state index is 6.27. The topological polar surface area (TPSA) is 38.5 Å². The summed E-state index contributed by atoms with van der Waals surface area (Å²) in [4.78, 5) is 2.62. The Morgan fingerprint density at radius 3 is 2.60 bits per heavy atom. The van der Waals surface area contributed by atoms with Crippen molar-refractivity contribution in [1.29, 1.82) is 0 Å². The van der Waals surface area contributed by atoms with Crippen molar-refractivity contribution < 1.29 is 4.74 Å². The third kappa shape index (κ3) is 4.42. The molecule has 1 aliphatic heterocycles. The molecule has 134 valence electrons. The SMILES string of the molecule is CCOc1ccccc1C(CN)C1CCCCN1Cc1ccccc1. The average molecular weight is 338 g/mol. The van der Waals surface area contributed by atoms with Crippen molar-refractivity contribution in [2.75, 3.05) is 19.7 Å². The molecule has 1 heterocycles. The third-order valence-corrected chi connectivity index (χ3v) is 5.23. The van der Waals surface area contributed by atoms with Crippen LogP contribution in [0.15, 0.2) is 54.6 Å². The van der Waals surface area contributed by atoms with E-state index in [1.54, 1.807) is 0 Å². The Morgan fingerprint density at radius 2 is 1.84 bits per heavy atom. The first kappa shape index (κ1) is 18.0. The standard InChI is InChI=1S/C22H30N2O/c1-2-25-22-14-7-6-12-19(22)20(16-23)21-13-8-9-15-24(21)17-18-10-4-3-5-11-18/h3-7,10-12,14,20-21H,2,8-9,13,15-17,23H2,1H3. The van der Waals surface area contributed by atoms with Gasteiger partial charge in [-0.25, -0.2) is 0 Å². The summed E-state index contributed by atoms with van der Waals surface area (Å²) >= 11 is 0. The Morgan fingerprint density at radius 1 is 1.08 bits per heavy atom. The first-order valence-electron chi connectivity index (χ1n) is 9.53. The summed E-state index contributed by atoms with van der Waals surface area (Å²) in [6.45, 7) is 5.52. The van der Waals surface area contributed by atoms with Crippen molar-refractivity contribution >= 4 is 0 Å². The summed E-state index contributed by atoms with van der Waals surface area (Å²) in [5, 5.41) is 0. The molecular weight excluding hydrogens is 308 g/mol. The van der Waals surface area contributed by atoms with Gasteiger partial charge >= 0.3 is 0 Å². The largest absolute Gasteiger partial charge is 0.494 e. The Labute approximate surface area is 151 Å². The summed E-state index contributed by atoms with van der Waals surface area (Å²) in [5.41, 5.74) is 8.91. The number of rotatable bonds is 7. The van der Waals surface area contributed by atoms with E-state index in [1.807, 2.05) is 13.0 Å². The number of benzene rings is 2. The Balaban J connectivity index is 1.84. The maximum Gasteiger partial charge on any atom is 0.122 e. The molecule has 1 saturated heterocycles. The van der Waals surface area contributed by atoms with Crippen molar-refractivity contribution in [3.05, 3.63) is 65.7 Å². The minimum Gasteiger partial charge on any atom is -0.494 e. The van der Waals surface area contributed by atoms with E-state index in [4.69, 9.17) is 10.5 Å². The second-order valence-corrected chi connectivity index (χ2v) is 6.83. The number of likely N-dealkylation sites (tertiary alicyclic amines) is 1. The molecule has 1 fully saturated rings. The normalized spacial score (nSPS) is 19.5. The van der Waals surface area contributed by atoms with Gasteiger partial charge in [0.25, 0.3) is 0 Å². The fourth-order valence-electron chi connectivity index (χ4n) is 4.05. The summed E-state index contributed by atoms with van der Waals surface area (Å²) in [6, 6.07) is 19.7. The molecule has 0 bridgehead atoms. The Hall–Kier alpha value is -1.84. The molecule has 2 unspecified atom stereocenters. The van der Waals surface area contributed by atoms with Gasteiger partial charge in [0.15, 0.2) is 0 Å². The van der Waals surface area contributed by atoms with Gasteiger partial charge in [-0.3, -0.25) is 4.90 Å². The minimum absolute atomic E-state index is 0.312. The highest BCUT2D eigenvalue weighted by Gasteiger charge is 2.31. The first-order valence-corrected chi connectivity index (χ1v) is 9.53. The molecule has 0 radical (unpaired) electrons. The van der Waals surface area contributed by atoms with Crippen LogP contribution in [-0.2, 0) is 6.54 Å². The van der Waals surface area contributed by atoms with Crippen molar-refractivity contribution in [1.82, 2.24) is 4.90 Å². The van der Waals surface area contributed by atoms with Gasteiger partial charge in [-0.1, -0.05) is 55.0 Å². The van der Waals surface area contributed by atoms with Crippen molar-refractivity contribution in [3.8, 4) is 5.75 Å². The van der Waals surface area contributed by atoms with E-state index in [-0.39, 0.29) is 0 Å². The van der Waals surface area contributed by atoms with E-state index in [0.717, 1.165) is 18.8 Å². The van der Waals surface area contributed by atoms with E-state index >= 15 is 0 Å². The lowest BCUT2D eigenvalue weighted by molar-refractivity contribution is 0.118. The lowest BCUT2D eigenvalue weighted by atomic mass is 9.84. The number of hydrogen-bond donors (Lipinski definition) is 1. The highest BCUT2D eigenvalue weighted by Crippen LogP contribution is 2.35. The number of ether oxygens (including phenoxy) is 1. The number of hydrogen-bond acceptors (Lipinski definition) is 3. The van der Waals surface area contributed by atoms with Gasteiger partial charge in [-0.05, 0) is 37.9 Å². The smallest absolute Gasteiger partial charge is 0.122 e. The van der Waals surface area contributed by atoms with Gasteiger partial charge < -0.3 is 10.5 Å². The van der Waals surface area contributed by atoms with Crippen molar-refractivity contribution in [2.24, 2.45) is 5.73 Å². The zero-order valence-electron chi connectivity index (χ0n) is 15.2. The van der Waals surface area contributed by atoms with E-state index in [9.17, 15) is 0 Å². The Kier molecular flexibility index (Phi) is 6.48. The molecular formula is C22H30N2O. The number of para-hydroxylation sites is 1. The number of nitrogens with zero attached hydrogens (tertiary/aromatic N) is 1. The van der Waals surface area contributed by atoms with Crippen LogP contribution in [0.25, 0.3) is 0 Å². The molecule has 0 aliphatic carbocycles. The molecule has 3 heteroatoms. The molecule has 3 rings (SSSR count). The summed E-state index contributed by atoms with van der Waals surface area (Å²) < 4.78 is 5.89. The fourth-order valence-corrected chi connectivity index (χ4v) is 4.05. The molecule has 25 heavy (non-hydrogen) atoms. The van der Waals surface area contributed by atoms with E-state index in [1.165, 1.54) is 30.4 Å².